The molecule has 1 heterocycles. The lowest BCUT2D eigenvalue weighted by Gasteiger charge is -2.06. The number of amides is 1. The van der Waals surface area contributed by atoms with Gasteiger partial charge in [0.1, 0.15) is 11.5 Å². The number of para-hydroxylation sites is 2. The highest BCUT2D eigenvalue weighted by Gasteiger charge is 2.07. The molecule has 1 aromatic heterocycles. The van der Waals surface area contributed by atoms with E-state index in [0.717, 1.165) is 0 Å². The molecule has 0 spiro atoms. The molecule has 4 rings (SSSR count). The van der Waals surface area contributed by atoms with Gasteiger partial charge in [-0.25, -0.2) is 4.98 Å². The Labute approximate surface area is 187 Å². The lowest BCUT2D eigenvalue weighted by Crippen LogP contribution is -2.12. The van der Waals surface area contributed by atoms with Gasteiger partial charge in [0.05, 0.1) is 11.0 Å². The van der Waals surface area contributed by atoms with E-state index >= 15 is 0 Å². The molecule has 0 unspecified atom stereocenters. The van der Waals surface area contributed by atoms with Crippen molar-refractivity contribution in [2.24, 2.45) is 0 Å². The maximum atomic E-state index is 12.3. The number of phenols is 2. The number of nitrogens with one attached hydrogen (secondary N) is 2. The molecule has 164 valence electrons. The Balaban J connectivity index is 1.52. The van der Waals surface area contributed by atoms with Crippen LogP contribution in [0.3, 0.4) is 0 Å². The number of hydrogen-bond acceptors (Lipinski definition) is 6. The topological polar surface area (TPSA) is 136 Å². The van der Waals surface area contributed by atoms with Crippen LogP contribution in [-0.2, 0) is 4.79 Å². The highest BCUT2D eigenvalue weighted by Crippen LogP contribution is 2.25. The van der Waals surface area contributed by atoms with Gasteiger partial charge in [0, 0.05) is 23.4 Å². The fourth-order valence-corrected chi connectivity index (χ4v) is 3.11. The first-order chi connectivity index (χ1) is 15.9. The van der Waals surface area contributed by atoms with Gasteiger partial charge in [-0.2, -0.15) is 0 Å². The number of carbonyl (C=O) groups is 1. The largest absolute Gasteiger partial charge is 0.507 e. The zero-order valence-electron chi connectivity index (χ0n) is 17.2. The number of aromatic hydroxyl groups is 2. The van der Waals surface area contributed by atoms with Gasteiger partial charge < -0.3 is 25.6 Å². The summed E-state index contributed by atoms with van der Waals surface area (Å²) >= 11 is 0. The zero-order valence-corrected chi connectivity index (χ0v) is 17.2. The van der Waals surface area contributed by atoms with E-state index in [1.807, 2.05) is 0 Å². The van der Waals surface area contributed by atoms with E-state index in [4.69, 9.17) is 0 Å². The SMILES string of the molecule is O=C(/C=C/c1ccc(O)c(O)c1)Nc1cccc(/C(O)=C\c2nc3ccccc3[nH]c2=O)c1. The van der Waals surface area contributed by atoms with Crippen LogP contribution in [0.4, 0.5) is 5.69 Å². The van der Waals surface area contributed by atoms with Crippen molar-refractivity contribution >= 4 is 40.5 Å². The number of carbonyl (C=O) groups excluding carboxylic acids is 1. The van der Waals surface area contributed by atoms with E-state index in [1.54, 1.807) is 54.6 Å². The third-order valence-corrected chi connectivity index (χ3v) is 4.75. The summed E-state index contributed by atoms with van der Waals surface area (Å²) in [5.41, 5.74) is 2.15. The predicted molar refractivity (Wildman–Crippen MR) is 127 cm³/mol. The maximum Gasteiger partial charge on any atom is 0.274 e. The van der Waals surface area contributed by atoms with Crippen molar-refractivity contribution in [3.63, 3.8) is 0 Å². The molecule has 0 bridgehead atoms. The van der Waals surface area contributed by atoms with Crippen molar-refractivity contribution < 1.29 is 20.1 Å². The summed E-state index contributed by atoms with van der Waals surface area (Å²) in [7, 11) is 0. The Kier molecular flexibility index (Phi) is 5.90. The van der Waals surface area contributed by atoms with Gasteiger partial charge in [-0.3, -0.25) is 9.59 Å². The third kappa shape index (κ3) is 5.08. The second-order valence-electron chi connectivity index (χ2n) is 7.15. The number of hydrogen-bond donors (Lipinski definition) is 5. The molecule has 0 radical (unpaired) electrons. The average molecular weight is 441 g/mol. The van der Waals surface area contributed by atoms with Crippen LogP contribution in [0.25, 0.3) is 28.9 Å². The van der Waals surface area contributed by atoms with Gasteiger partial charge in [0.15, 0.2) is 11.5 Å². The molecule has 1 amide bonds. The molecule has 0 saturated heterocycles. The summed E-state index contributed by atoms with van der Waals surface area (Å²) in [6.45, 7) is 0. The second kappa shape index (κ2) is 9.11. The Morgan fingerprint density at radius 1 is 0.970 bits per heavy atom. The van der Waals surface area contributed by atoms with Crippen LogP contribution in [0.5, 0.6) is 11.5 Å². The Morgan fingerprint density at radius 3 is 2.61 bits per heavy atom. The second-order valence-corrected chi connectivity index (χ2v) is 7.15. The molecule has 8 heteroatoms. The number of rotatable bonds is 5. The fraction of sp³-hybridized carbons (Fsp3) is 0. The molecule has 8 nitrogen and oxygen atoms in total. The number of anilines is 1. The Hall–Kier alpha value is -4.85. The summed E-state index contributed by atoms with van der Waals surface area (Å²) in [6.07, 6.45) is 4.02. The first-order valence-corrected chi connectivity index (χ1v) is 9.90. The van der Waals surface area contributed by atoms with Crippen molar-refractivity contribution in [3.05, 3.63) is 100.0 Å². The maximum absolute atomic E-state index is 12.3. The molecule has 0 aliphatic carbocycles. The number of phenolic OH excluding ortho intramolecular Hbond substituents is 2. The molecular weight excluding hydrogens is 422 g/mol. The number of aromatic amines is 1. The molecule has 0 saturated carbocycles. The number of benzene rings is 3. The van der Waals surface area contributed by atoms with Crippen molar-refractivity contribution in [1.82, 2.24) is 9.97 Å². The van der Waals surface area contributed by atoms with Crippen LogP contribution >= 0.6 is 0 Å². The van der Waals surface area contributed by atoms with Crippen LogP contribution in [0.2, 0.25) is 0 Å². The zero-order chi connectivity index (χ0) is 23.4. The number of aliphatic hydroxyl groups is 1. The van der Waals surface area contributed by atoms with Gasteiger partial charge >= 0.3 is 0 Å². The van der Waals surface area contributed by atoms with Gasteiger partial charge in [-0.1, -0.05) is 30.3 Å². The normalized spacial score (nSPS) is 11.7. The number of aliphatic hydroxyl groups excluding tert-OH is 1. The molecular formula is C25H19N3O5. The molecule has 0 fully saturated rings. The number of aromatic nitrogens is 2. The van der Waals surface area contributed by atoms with E-state index in [2.05, 4.69) is 15.3 Å². The van der Waals surface area contributed by atoms with E-state index in [0.29, 0.717) is 27.8 Å². The quantitative estimate of drug-likeness (QED) is 0.180. The minimum absolute atomic E-state index is 0.0562. The number of H-pyrrole nitrogens is 1. The van der Waals surface area contributed by atoms with Gasteiger partial charge in [-0.15, -0.1) is 0 Å². The average Bonchev–Trinajstić information content (AvgIpc) is 2.80. The molecule has 0 aliphatic heterocycles. The third-order valence-electron chi connectivity index (χ3n) is 4.75. The summed E-state index contributed by atoms with van der Waals surface area (Å²) in [6, 6.07) is 17.8. The minimum Gasteiger partial charge on any atom is -0.507 e. The van der Waals surface area contributed by atoms with Crippen LogP contribution in [0.15, 0.2) is 77.6 Å². The van der Waals surface area contributed by atoms with Crippen LogP contribution in [0, 0.1) is 0 Å². The smallest absolute Gasteiger partial charge is 0.274 e. The molecule has 3 aromatic carbocycles. The first-order valence-electron chi connectivity index (χ1n) is 9.90. The fourth-order valence-electron chi connectivity index (χ4n) is 3.11. The monoisotopic (exact) mass is 441 g/mol. The predicted octanol–water partition coefficient (Wildman–Crippen LogP) is 4.04. The first kappa shape index (κ1) is 21.4. The lowest BCUT2D eigenvalue weighted by atomic mass is 10.1. The molecule has 4 aromatic rings. The summed E-state index contributed by atoms with van der Waals surface area (Å²) < 4.78 is 0. The van der Waals surface area contributed by atoms with Crippen LogP contribution in [-0.4, -0.2) is 31.2 Å². The van der Waals surface area contributed by atoms with Crippen molar-refractivity contribution in [2.45, 2.75) is 0 Å². The summed E-state index contributed by atoms with van der Waals surface area (Å²) in [4.78, 5) is 31.5. The molecule has 5 N–H and O–H groups in total. The Morgan fingerprint density at radius 2 is 1.79 bits per heavy atom. The summed E-state index contributed by atoms with van der Waals surface area (Å²) in [5, 5.41) is 32.1. The standard InChI is InChI=1S/C25H19N3O5/c29-21-10-8-15(12-23(21)31)9-11-24(32)26-17-5-3-4-16(13-17)22(30)14-20-25(33)28-19-7-2-1-6-18(19)27-20/h1-14,29-31H,(H,26,32)(H,28,33)/b11-9+,22-14+. The van der Waals surface area contributed by atoms with E-state index < -0.39 is 11.5 Å². The van der Waals surface area contributed by atoms with Crippen molar-refractivity contribution in [1.29, 1.82) is 0 Å². The minimum atomic E-state index is -0.435. The van der Waals surface area contributed by atoms with Gasteiger partial charge in [-0.05, 0) is 48.0 Å². The van der Waals surface area contributed by atoms with Crippen LogP contribution < -0.4 is 10.9 Å². The molecule has 33 heavy (non-hydrogen) atoms. The number of fused-ring (bicyclic) bond motifs is 1. The van der Waals surface area contributed by atoms with E-state index in [9.17, 15) is 24.9 Å². The highest BCUT2D eigenvalue weighted by atomic mass is 16.3. The van der Waals surface area contributed by atoms with Crippen LogP contribution in [0.1, 0.15) is 16.8 Å². The van der Waals surface area contributed by atoms with Gasteiger partial charge in [0.25, 0.3) is 5.56 Å². The summed E-state index contributed by atoms with van der Waals surface area (Å²) in [5.74, 6) is -1.15. The van der Waals surface area contributed by atoms with E-state index in [-0.39, 0.29) is 23.0 Å². The molecule has 0 atom stereocenters. The van der Waals surface area contributed by atoms with Gasteiger partial charge in [0.2, 0.25) is 5.91 Å². The molecule has 0 aliphatic rings. The van der Waals surface area contributed by atoms with Crippen molar-refractivity contribution in [2.75, 3.05) is 5.32 Å². The lowest BCUT2D eigenvalue weighted by molar-refractivity contribution is -0.111. The van der Waals surface area contributed by atoms with E-state index in [1.165, 1.54) is 30.4 Å². The Bertz CT molecular complexity index is 1470. The van der Waals surface area contributed by atoms with Crippen molar-refractivity contribution in [3.8, 4) is 11.5 Å². The number of nitrogens with zero attached hydrogens (tertiary/aromatic N) is 1. The highest BCUT2D eigenvalue weighted by molar-refractivity contribution is 6.02.